The molecule has 0 spiro atoms. The van der Waals surface area contributed by atoms with Gasteiger partial charge in [-0.3, -0.25) is 4.79 Å². The van der Waals surface area contributed by atoms with Crippen molar-refractivity contribution in [3.05, 3.63) is 59.9 Å². The Morgan fingerprint density at radius 2 is 1.81 bits per heavy atom. The quantitative estimate of drug-likeness (QED) is 0.710. The van der Waals surface area contributed by atoms with Crippen LogP contribution in [0.4, 0.5) is 10.1 Å². The molecule has 8 heteroatoms. The normalized spacial score (nSPS) is 11.4. The van der Waals surface area contributed by atoms with Crippen LogP contribution in [-0.2, 0) is 21.2 Å². The number of ether oxygens (including phenoxy) is 1. The number of hydrogen-bond acceptors (Lipinski definition) is 4. The van der Waals surface area contributed by atoms with Crippen LogP contribution in [0.25, 0.3) is 0 Å². The van der Waals surface area contributed by atoms with E-state index in [-0.39, 0.29) is 18.9 Å². The number of para-hydroxylation sites is 2. The lowest BCUT2D eigenvalue weighted by atomic mass is 10.1. The molecule has 0 aliphatic heterocycles. The summed E-state index contributed by atoms with van der Waals surface area (Å²) in [6.07, 6.45) is 1.43. The van der Waals surface area contributed by atoms with Crippen LogP contribution in [0.1, 0.15) is 12.5 Å². The Morgan fingerprint density at radius 3 is 2.44 bits per heavy atom. The lowest BCUT2D eigenvalue weighted by Gasteiger charge is -2.20. The van der Waals surface area contributed by atoms with E-state index >= 15 is 0 Å². The minimum atomic E-state index is -3.58. The Balaban J connectivity index is 2.03. The van der Waals surface area contributed by atoms with Crippen LogP contribution in [-0.4, -0.2) is 44.6 Å². The maximum Gasteiger partial charge on any atom is 0.239 e. The van der Waals surface area contributed by atoms with E-state index in [0.717, 1.165) is 16.1 Å². The smallest absolute Gasteiger partial charge is 0.239 e. The van der Waals surface area contributed by atoms with Gasteiger partial charge in [-0.25, -0.2) is 12.8 Å². The third-order valence-corrected chi connectivity index (χ3v) is 5.06. The zero-order valence-corrected chi connectivity index (χ0v) is 16.1. The summed E-state index contributed by atoms with van der Waals surface area (Å²) >= 11 is 0. The molecular formula is C19H23FN2O4S. The van der Waals surface area contributed by atoms with Gasteiger partial charge in [0.2, 0.25) is 15.9 Å². The number of anilines is 1. The lowest BCUT2D eigenvalue weighted by molar-refractivity contribution is -0.116. The van der Waals surface area contributed by atoms with Crippen molar-refractivity contribution in [2.24, 2.45) is 0 Å². The van der Waals surface area contributed by atoms with Gasteiger partial charge in [0, 0.05) is 6.54 Å². The fourth-order valence-electron chi connectivity index (χ4n) is 2.47. The first-order valence-corrected chi connectivity index (χ1v) is 10.4. The first kappa shape index (κ1) is 20.9. The zero-order chi connectivity index (χ0) is 19.9. The van der Waals surface area contributed by atoms with Gasteiger partial charge in [-0.05, 0) is 43.2 Å². The number of carbonyl (C=O) groups is 1. The number of sulfonamides is 1. The number of nitrogens with zero attached hydrogens (tertiary/aromatic N) is 1. The van der Waals surface area contributed by atoms with Crippen molar-refractivity contribution >= 4 is 21.6 Å². The van der Waals surface area contributed by atoms with Gasteiger partial charge >= 0.3 is 0 Å². The number of halogens is 1. The molecule has 27 heavy (non-hydrogen) atoms. The van der Waals surface area contributed by atoms with E-state index in [2.05, 4.69) is 5.32 Å². The van der Waals surface area contributed by atoms with Crippen LogP contribution in [0.15, 0.2) is 48.5 Å². The molecule has 0 atom stereocenters. The summed E-state index contributed by atoms with van der Waals surface area (Å²) in [6.45, 7) is 2.07. The maximum atomic E-state index is 13.0. The monoisotopic (exact) mass is 394 g/mol. The maximum absolute atomic E-state index is 13.0. The third kappa shape index (κ3) is 6.65. The number of nitrogens with one attached hydrogen (secondary N) is 1. The molecule has 0 bridgehead atoms. The van der Waals surface area contributed by atoms with Crippen LogP contribution in [0.3, 0.4) is 0 Å². The van der Waals surface area contributed by atoms with Crippen molar-refractivity contribution in [3.8, 4) is 5.75 Å². The van der Waals surface area contributed by atoms with E-state index < -0.39 is 15.9 Å². The summed E-state index contributed by atoms with van der Waals surface area (Å²) in [5, 5.41) is 2.68. The first-order chi connectivity index (χ1) is 12.8. The zero-order valence-electron chi connectivity index (χ0n) is 15.3. The molecule has 0 radical (unpaired) electrons. The van der Waals surface area contributed by atoms with Crippen LogP contribution in [0.5, 0.6) is 5.75 Å². The molecule has 0 saturated carbocycles. The largest absolute Gasteiger partial charge is 0.492 e. The second-order valence-corrected chi connectivity index (χ2v) is 7.93. The molecule has 0 aliphatic carbocycles. The van der Waals surface area contributed by atoms with Crippen molar-refractivity contribution < 1.29 is 22.3 Å². The van der Waals surface area contributed by atoms with Crippen LogP contribution < -0.4 is 10.1 Å². The van der Waals surface area contributed by atoms with Crippen molar-refractivity contribution in [1.82, 2.24) is 4.31 Å². The fraction of sp³-hybridized carbons (Fsp3) is 0.316. The third-order valence-electron chi connectivity index (χ3n) is 3.81. The van der Waals surface area contributed by atoms with E-state index in [4.69, 9.17) is 4.74 Å². The Kier molecular flexibility index (Phi) is 7.32. The molecule has 0 unspecified atom stereocenters. The van der Waals surface area contributed by atoms with Crippen molar-refractivity contribution in [2.45, 2.75) is 13.3 Å². The number of hydrogen-bond donors (Lipinski definition) is 1. The molecule has 6 nitrogen and oxygen atoms in total. The van der Waals surface area contributed by atoms with E-state index in [1.807, 2.05) is 6.92 Å². The Hall–Kier alpha value is -2.45. The molecule has 0 saturated heterocycles. The fourth-order valence-corrected chi connectivity index (χ4v) is 3.24. The number of carbonyl (C=O) groups excluding carboxylic acids is 1. The molecular weight excluding hydrogens is 371 g/mol. The van der Waals surface area contributed by atoms with Gasteiger partial charge in [-0.2, -0.15) is 4.31 Å². The average Bonchev–Trinajstić information content (AvgIpc) is 2.61. The van der Waals surface area contributed by atoms with Gasteiger partial charge in [0.1, 0.15) is 11.6 Å². The second-order valence-electron chi connectivity index (χ2n) is 5.95. The Bertz CT molecular complexity index is 870. The Morgan fingerprint density at radius 1 is 1.15 bits per heavy atom. The number of amides is 1. The van der Waals surface area contributed by atoms with Crippen LogP contribution in [0, 0.1) is 5.82 Å². The highest BCUT2D eigenvalue weighted by atomic mass is 32.2. The van der Waals surface area contributed by atoms with E-state index in [1.54, 1.807) is 36.4 Å². The molecule has 1 amide bonds. The van der Waals surface area contributed by atoms with Gasteiger partial charge in [0.05, 0.1) is 25.1 Å². The molecule has 2 rings (SSSR count). The minimum Gasteiger partial charge on any atom is -0.492 e. The lowest BCUT2D eigenvalue weighted by Crippen LogP contribution is -2.38. The topological polar surface area (TPSA) is 75.7 Å². The van der Waals surface area contributed by atoms with Crippen molar-refractivity contribution in [3.63, 3.8) is 0 Å². The molecule has 146 valence electrons. The van der Waals surface area contributed by atoms with Gasteiger partial charge in [0.15, 0.2) is 0 Å². The van der Waals surface area contributed by atoms with E-state index in [9.17, 15) is 17.6 Å². The minimum absolute atomic E-state index is 0.116. The molecule has 0 heterocycles. The summed E-state index contributed by atoms with van der Waals surface area (Å²) in [5.74, 6) is -0.302. The highest BCUT2D eigenvalue weighted by molar-refractivity contribution is 7.88. The summed E-state index contributed by atoms with van der Waals surface area (Å²) in [6, 6.07) is 12.8. The van der Waals surface area contributed by atoms with Crippen molar-refractivity contribution in [2.75, 3.05) is 31.3 Å². The van der Waals surface area contributed by atoms with Gasteiger partial charge < -0.3 is 10.1 Å². The predicted octanol–water partition coefficient (Wildman–Crippen LogP) is 2.67. The molecule has 0 fully saturated rings. The van der Waals surface area contributed by atoms with Crippen molar-refractivity contribution in [1.29, 1.82) is 0 Å². The summed E-state index contributed by atoms with van der Waals surface area (Å²) in [4.78, 5) is 12.4. The molecule has 0 aromatic heterocycles. The van der Waals surface area contributed by atoms with Crippen LogP contribution >= 0.6 is 0 Å². The molecule has 0 aliphatic rings. The molecule has 1 N–H and O–H groups in total. The highest BCUT2D eigenvalue weighted by Gasteiger charge is 2.20. The van der Waals surface area contributed by atoms with Crippen LogP contribution in [0.2, 0.25) is 0 Å². The van der Waals surface area contributed by atoms with E-state index in [1.165, 1.54) is 12.1 Å². The summed E-state index contributed by atoms with van der Waals surface area (Å²) in [7, 11) is -3.58. The van der Waals surface area contributed by atoms with Gasteiger partial charge in [-0.1, -0.05) is 24.3 Å². The summed E-state index contributed by atoms with van der Waals surface area (Å²) in [5.41, 5.74) is 1.27. The molecule has 2 aromatic rings. The average molecular weight is 394 g/mol. The standard InChI is InChI=1S/C19H23FN2O4S/c1-3-26-18-7-5-4-6-17(18)21-19(23)14-22(27(2,24)25)13-12-15-8-10-16(20)11-9-15/h4-11H,3,12-14H2,1-2H3,(H,21,23). The summed E-state index contributed by atoms with van der Waals surface area (Å²) < 4.78 is 43.6. The highest BCUT2D eigenvalue weighted by Crippen LogP contribution is 2.23. The predicted molar refractivity (Wildman–Crippen MR) is 103 cm³/mol. The number of rotatable bonds is 9. The SMILES string of the molecule is CCOc1ccccc1NC(=O)CN(CCc1ccc(F)cc1)S(C)(=O)=O. The number of benzene rings is 2. The second kappa shape index (κ2) is 9.48. The van der Waals surface area contributed by atoms with Gasteiger partial charge in [-0.15, -0.1) is 0 Å². The molecule has 2 aromatic carbocycles. The van der Waals surface area contributed by atoms with Gasteiger partial charge in [0.25, 0.3) is 0 Å². The first-order valence-electron chi connectivity index (χ1n) is 8.51. The Labute approximate surface area is 159 Å². The van der Waals surface area contributed by atoms with E-state index in [0.29, 0.717) is 24.5 Å².